The molecule has 1 atom stereocenters. The molecule has 4 rings (SSSR count). The Bertz CT molecular complexity index is 849. The number of aryl methyl sites for hydroxylation is 1. The van der Waals surface area contributed by atoms with Crippen LogP contribution >= 0.6 is 0 Å². The van der Waals surface area contributed by atoms with Crippen molar-refractivity contribution in [2.75, 3.05) is 26.2 Å². The van der Waals surface area contributed by atoms with Crippen molar-refractivity contribution in [3.05, 3.63) is 47.8 Å². The maximum atomic E-state index is 12.8. The van der Waals surface area contributed by atoms with Gasteiger partial charge in [0.2, 0.25) is 5.91 Å². The third-order valence-electron chi connectivity index (χ3n) is 5.97. The number of amides is 2. The largest absolute Gasteiger partial charge is 0.342 e. The van der Waals surface area contributed by atoms with E-state index in [9.17, 15) is 9.59 Å². The van der Waals surface area contributed by atoms with Gasteiger partial charge in [0.15, 0.2) is 5.82 Å². The van der Waals surface area contributed by atoms with Gasteiger partial charge >= 0.3 is 0 Å². The van der Waals surface area contributed by atoms with Gasteiger partial charge in [-0.3, -0.25) is 14.6 Å². The van der Waals surface area contributed by atoms with Crippen LogP contribution in [0, 0.1) is 12.3 Å². The van der Waals surface area contributed by atoms with Crippen LogP contribution in [0.15, 0.2) is 30.6 Å². The number of imidazole rings is 1. The minimum Gasteiger partial charge on any atom is -0.342 e. The highest BCUT2D eigenvalue weighted by Gasteiger charge is 2.43. The lowest BCUT2D eigenvalue weighted by Crippen LogP contribution is -2.55. The number of nitrogens with zero attached hydrogens (tertiary/aromatic N) is 4. The molecule has 2 aromatic rings. The van der Waals surface area contributed by atoms with E-state index in [0.717, 1.165) is 50.2 Å². The van der Waals surface area contributed by atoms with Crippen LogP contribution in [0.4, 0.5) is 0 Å². The number of aromatic nitrogens is 3. The lowest BCUT2D eigenvalue weighted by Gasteiger charge is -2.48. The molecule has 0 aromatic carbocycles. The number of pyridine rings is 1. The maximum absolute atomic E-state index is 12.8. The molecule has 2 fully saturated rings. The predicted molar refractivity (Wildman–Crippen MR) is 105 cm³/mol. The number of piperidine rings is 2. The maximum Gasteiger partial charge on any atom is 0.289 e. The number of carbonyl (C=O) groups is 2. The van der Waals surface area contributed by atoms with E-state index in [0.29, 0.717) is 25.3 Å². The lowest BCUT2D eigenvalue weighted by atomic mass is 9.73. The van der Waals surface area contributed by atoms with E-state index in [1.165, 1.54) is 0 Å². The Morgan fingerprint density at radius 3 is 2.89 bits per heavy atom. The molecule has 0 radical (unpaired) electrons. The molecule has 2 amide bonds. The molecular weight excluding hydrogens is 354 g/mol. The molecule has 1 N–H and O–H groups in total. The standard InChI is InChI=1S/C21H27N5O2/c1-16-13-23-19(24-16)20(28)26-11-4-8-21(15-26)9-6-18(27)25(14-21)12-7-17-5-2-3-10-22-17/h2-3,5,10,13H,4,6-9,11-12,14-15H2,1H3,(H,23,24)/t21-/m1/s1. The van der Waals surface area contributed by atoms with Crippen molar-refractivity contribution in [3.8, 4) is 0 Å². The first-order chi connectivity index (χ1) is 13.5. The number of nitrogens with one attached hydrogen (secondary N) is 1. The highest BCUT2D eigenvalue weighted by atomic mass is 16.2. The van der Waals surface area contributed by atoms with Crippen LogP contribution in [-0.4, -0.2) is 62.7 Å². The molecule has 148 valence electrons. The SMILES string of the molecule is Cc1cnc(C(=O)N2CCC[C@]3(CCC(=O)N(CCc4ccccn4)C3)C2)[nH]1. The second kappa shape index (κ2) is 7.73. The van der Waals surface area contributed by atoms with Crippen molar-refractivity contribution < 1.29 is 9.59 Å². The van der Waals surface area contributed by atoms with E-state index in [4.69, 9.17) is 0 Å². The summed E-state index contributed by atoms with van der Waals surface area (Å²) < 4.78 is 0. The Hall–Kier alpha value is -2.70. The lowest BCUT2D eigenvalue weighted by molar-refractivity contribution is -0.138. The Morgan fingerprint density at radius 1 is 1.25 bits per heavy atom. The minimum atomic E-state index is -0.0379. The summed E-state index contributed by atoms with van der Waals surface area (Å²) in [5.41, 5.74) is 1.88. The molecule has 0 unspecified atom stereocenters. The monoisotopic (exact) mass is 381 g/mol. The first-order valence-corrected chi connectivity index (χ1v) is 10.0. The molecule has 0 aliphatic carbocycles. The average Bonchev–Trinajstić information content (AvgIpc) is 3.15. The van der Waals surface area contributed by atoms with Gasteiger partial charge in [-0.1, -0.05) is 6.07 Å². The minimum absolute atomic E-state index is 0.00638. The van der Waals surface area contributed by atoms with Crippen LogP contribution in [0.2, 0.25) is 0 Å². The molecule has 7 heteroatoms. The summed E-state index contributed by atoms with van der Waals surface area (Å²) in [6, 6.07) is 5.87. The highest BCUT2D eigenvalue weighted by Crippen LogP contribution is 2.39. The van der Waals surface area contributed by atoms with E-state index in [1.54, 1.807) is 12.4 Å². The van der Waals surface area contributed by atoms with Crippen molar-refractivity contribution >= 4 is 11.8 Å². The average molecular weight is 381 g/mol. The van der Waals surface area contributed by atoms with E-state index in [2.05, 4.69) is 15.0 Å². The van der Waals surface area contributed by atoms with Gasteiger partial charge in [-0.05, 0) is 38.3 Å². The molecule has 1 spiro atoms. The summed E-state index contributed by atoms with van der Waals surface area (Å²) in [4.78, 5) is 40.8. The summed E-state index contributed by atoms with van der Waals surface area (Å²) >= 11 is 0. The van der Waals surface area contributed by atoms with Crippen LogP contribution in [0.1, 0.15) is 47.7 Å². The summed E-state index contributed by atoms with van der Waals surface area (Å²) in [5, 5.41) is 0. The number of hydrogen-bond donors (Lipinski definition) is 1. The van der Waals surface area contributed by atoms with Crippen molar-refractivity contribution in [2.24, 2.45) is 5.41 Å². The first kappa shape index (κ1) is 18.7. The van der Waals surface area contributed by atoms with Gasteiger partial charge in [-0.15, -0.1) is 0 Å². The second-order valence-electron chi connectivity index (χ2n) is 8.13. The van der Waals surface area contributed by atoms with Crippen LogP contribution < -0.4 is 0 Å². The number of rotatable bonds is 4. The van der Waals surface area contributed by atoms with Gasteiger partial charge in [0.05, 0.1) is 0 Å². The van der Waals surface area contributed by atoms with Crippen molar-refractivity contribution in [1.29, 1.82) is 0 Å². The number of aromatic amines is 1. The molecule has 2 aliphatic heterocycles. The molecule has 28 heavy (non-hydrogen) atoms. The Morgan fingerprint density at radius 2 is 2.14 bits per heavy atom. The van der Waals surface area contributed by atoms with E-state index >= 15 is 0 Å². The fraction of sp³-hybridized carbons (Fsp3) is 0.524. The van der Waals surface area contributed by atoms with Gasteiger partial charge in [0.25, 0.3) is 5.91 Å². The van der Waals surface area contributed by atoms with Crippen LogP contribution in [0.3, 0.4) is 0 Å². The molecule has 2 aromatic heterocycles. The summed E-state index contributed by atoms with van der Waals surface area (Å²) in [5.74, 6) is 0.587. The molecule has 7 nitrogen and oxygen atoms in total. The molecule has 2 saturated heterocycles. The van der Waals surface area contributed by atoms with E-state index < -0.39 is 0 Å². The number of likely N-dealkylation sites (tertiary alicyclic amines) is 2. The Kier molecular flexibility index (Phi) is 5.15. The molecule has 0 bridgehead atoms. The van der Waals surface area contributed by atoms with Crippen molar-refractivity contribution in [1.82, 2.24) is 24.8 Å². The second-order valence-corrected chi connectivity index (χ2v) is 8.13. The number of H-pyrrole nitrogens is 1. The van der Waals surface area contributed by atoms with E-state index in [-0.39, 0.29) is 17.2 Å². The zero-order valence-corrected chi connectivity index (χ0v) is 16.4. The quantitative estimate of drug-likeness (QED) is 0.880. The summed E-state index contributed by atoms with van der Waals surface area (Å²) in [7, 11) is 0. The first-order valence-electron chi connectivity index (χ1n) is 10.0. The van der Waals surface area contributed by atoms with Gasteiger partial charge in [0, 0.05) is 68.2 Å². The molecule has 4 heterocycles. The number of carbonyl (C=O) groups excluding carboxylic acids is 2. The third-order valence-corrected chi connectivity index (χ3v) is 5.97. The fourth-order valence-corrected chi connectivity index (χ4v) is 4.49. The summed E-state index contributed by atoms with van der Waals surface area (Å²) in [6.07, 6.45) is 7.67. The normalized spacial score (nSPS) is 22.7. The molecule has 0 saturated carbocycles. The summed E-state index contributed by atoms with van der Waals surface area (Å²) in [6.45, 7) is 4.75. The third kappa shape index (κ3) is 3.93. The predicted octanol–water partition coefficient (Wildman–Crippen LogP) is 2.20. The number of hydrogen-bond acceptors (Lipinski definition) is 4. The van der Waals surface area contributed by atoms with Crippen LogP contribution in [0.25, 0.3) is 0 Å². The smallest absolute Gasteiger partial charge is 0.289 e. The van der Waals surface area contributed by atoms with Crippen LogP contribution in [-0.2, 0) is 11.2 Å². The highest BCUT2D eigenvalue weighted by molar-refractivity contribution is 5.90. The van der Waals surface area contributed by atoms with Gasteiger partial charge in [0.1, 0.15) is 0 Å². The Balaban J connectivity index is 1.43. The van der Waals surface area contributed by atoms with E-state index in [1.807, 2.05) is 34.9 Å². The van der Waals surface area contributed by atoms with Gasteiger partial charge in [-0.2, -0.15) is 0 Å². The Labute approximate surface area is 165 Å². The zero-order valence-electron chi connectivity index (χ0n) is 16.4. The molecule has 2 aliphatic rings. The van der Waals surface area contributed by atoms with Gasteiger partial charge in [-0.25, -0.2) is 4.98 Å². The van der Waals surface area contributed by atoms with Crippen molar-refractivity contribution in [3.63, 3.8) is 0 Å². The van der Waals surface area contributed by atoms with Crippen molar-refractivity contribution in [2.45, 2.75) is 39.0 Å². The van der Waals surface area contributed by atoms with Crippen LogP contribution in [0.5, 0.6) is 0 Å². The topological polar surface area (TPSA) is 82.2 Å². The van der Waals surface area contributed by atoms with Gasteiger partial charge < -0.3 is 14.8 Å². The fourth-order valence-electron chi connectivity index (χ4n) is 4.49. The zero-order chi connectivity index (χ0) is 19.6. The molecular formula is C21H27N5O2.